The van der Waals surface area contributed by atoms with Crippen LogP contribution in [0.25, 0.3) is 0 Å². The number of rotatable bonds is 8. The second-order valence-corrected chi connectivity index (χ2v) is 10.4. The first-order valence-electron chi connectivity index (χ1n) is 6.49. The van der Waals surface area contributed by atoms with Crippen LogP contribution in [0.15, 0.2) is 0 Å². The molecule has 0 aromatic rings. The van der Waals surface area contributed by atoms with Gasteiger partial charge >= 0.3 is 69.5 Å². The summed E-state index contributed by atoms with van der Waals surface area (Å²) in [5.41, 5.74) is 0. The van der Waals surface area contributed by atoms with E-state index < -0.39 is 10.1 Å². The zero-order chi connectivity index (χ0) is 13.7. The molecule has 0 aromatic carbocycles. The zero-order valence-electron chi connectivity index (χ0n) is 11.7. The molecule has 0 rings (SSSR count). The van der Waals surface area contributed by atoms with Crippen LogP contribution in [-0.2, 0) is 10.1 Å². The van der Waals surface area contributed by atoms with Crippen molar-refractivity contribution in [3.05, 3.63) is 0 Å². The van der Waals surface area contributed by atoms with Gasteiger partial charge in [0, 0.05) is 0 Å². The molecule has 0 aliphatic heterocycles. The third-order valence-corrected chi connectivity index (χ3v) is 7.08. The van der Waals surface area contributed by atoms with Gasteiger partial charge in [-0.05, 0) is 5.92 Å². The molecule has 17 heavy (non-hydrogen) atoms. The third-order valence-electron chi connectivity index (χ3n) is 1.96. The molecule has 0 fully saturated rings. The van der Waals surface area contributed by atoms with Gasteiger partial charge in [0.15, 0.2) is 0 Å². The molecule has 0 unspecified atom stereocenters. The van der Waals surface area contributed by atoms with Crippen LogP contribution in [0, 0.1) is 5.92 Å². The van der Waals surface area contributed by atoms with Crippen molar-refractivity contribution in [3.63, 3.8) is 0 Å². The van der Waals surface area contributed by atoms with Gasteiger partial charge in [0.25, 0.3) is 10.1 Å². The molecular formula is C12H28O3SSn. The van der Waals surface area contributed by atoms with E-state index in [4.69, 9.17) is 4.55 Å². The first-order valence-corrected chi connectivity index (χ1v) is 12.1. The van der Waals surface area contributed by atoms with Crippen molar-refractivity contribution in [2.45, 2.75) is 62.3 Å². The van der Waals surface area contributed by atoms with Crippen molar-refractivity contribution >= 4 is 31.3 Å². The van der Waals surface area contributed by atoms with E-state index in [1.165, 1.54) is 25.7 Å². The molecule has 2 radical (unpaired) electrons. The quantitative estimate of drug-likeness (QED) is 0.403. The van der Waals surface area contributed by atoms with Gasteiger partial charge in [0.1, 0.15) is 0 Å². The fraction of sp³-hybridized carbons (Fsp3) is 1.00. The van der Waals surface area contributed by atoms with E-state index in [0.29, 0.717) is 0 Å². The predicted octanol–water partition coefficient (Wildman–Crippen LogP) is 3.66. The molecule has 0 aliphatic carbocycles. The maximum absolute atomic E-state index is 10.00. The van der Waals surface area contributed by atoms with Gasteiger partial charge in [-0.2, -0.15) is 8.42 Å². The summed E-state index contributed by atoms with van der Waals surface area (Å²) in [4.78, 5) is 0. The van der Waals surface area contributed by atoms with E-state index in [-0.39, 0.29) is 32.8 Å². The summed E-state index contributed by atoms with van der Waals surface area (Å²) in [6.45, 7) is 8.04. The van der Waals surface area contributed by atoms with Crippen LogP contribution in [-0.4, -0.2) is 39.9 Å². The number of unbranched alkanes of at least 4 members (excludes halogenated alkanes) is 2. The van der Waals surface area contributed by atoms with Crippen LogP contribution in [0.5, 0.6) is 0 Å². The predicted molar refractivity (Wildman–Crippen MR) is 76.4 cm³/mol. The Labute approximate surface area is 118 Å². The first-order chi connectivity index (χ1) is 7.83. The standard InChI is InChI=1S/C4H10O3S.2C4H9.Sn/c1-4(2)3-8(5,6)7;2*1-3-4-2;/h4H,3H2,1-2H3,(H,5,6,7);2*1,3-4H2,2H3;. The Morgan fingerprint density at radius 2 is 1.47 bits per heavy atom. The van der Waals surface area contributed by atoms with E-state index >= 15 is 0 Å². The average Bonchev–Trinajstić information content (AvgIpc) is 2.15. The molecule has 3 nitrogen and oxygen atoms in total. The summed E-state index contributed by atoms with van der Waals surface area (Å²) in [6.07, 6.45) is 5.84. The van der Waals surface area contributed by atoms with Crippen LogP contribution in [0.2, 0.25) is 8.87 Å². The summed E-state index contributed by atoms with van der Waals surface area (Å²) < 4.78 is 31.4. The summed E-state index contributed by atoms with van der Waals surface area (Å²) in [5.74, 6) is -0.141. The van der Waals surface area contributed by atoms with Crippen molar-refractivity contribution in [2.75, 3.05) is 5.75 Å². The Morgan fingerprint density at radius 1 is 1.06 bits per heavy atom. The van der Waals surface area contributed by atoms with Gasteiger partial charge in [0.05, 0.1) is 5.75 Å². The summed E-state index contributed by atoms with van der Waals surface area (Å²) >= 11 is 0.149. The second-order valence-electron chi connectivity index (χ2n) is 4.60. The van der Waals surface area contributed by atoms with Gasteiger partial charge in [0.2, 0.25) is 0 Å². The van der Waals surface area contributed by atoms with E-state index in [9.17, 15) is 8.42 Å². The Bertz CT molecular complexity index is 232. The molecule has 5 heteroatoms. The fourth-order valence-corrected chi connectivity index (χ4v) is 6.15. The van der Waals surface area contributed by atoms with Crippen molar-refractivity contribution in [3.8, 4) is 0 Å². The van der Waals surface area contributed by atoms with Crippen LogP contribution >= 0.6 is 0 Å². The molecule has 0 aliphatic rings. The van der Waals surface area contributed by atoms with Crippen molar-refractivity contribution < 1.29 is 13.0 Å². The number of hydrogen-bond donors (Lipinski definition) is 1. The van der Waals surface area contributed by atoms with Gasteiger partial charge in [-0.15, -0.1) is 0 Å². The molecule has 0 amide bonds. The van der Waals surface area contributed by atoms with Gasteiger partial charge in [-0.3, -0.25) is 4.55 Å². The molecule has 1 N–H and O–H groups in total. The Kier molecular flexibility index (Phi) is 15.5. The van der Waals surface area contributed by atoms with E-state index in [1.54, 1.807) is 22.7 Å². The van der Waals surface area contributed by atoms with Gasteiger partial charge in [-0.1, -0.05) is 13.8 Å². The maximum atomic E-state index is 10.00. The second kappa shape index (κ2) is 13.1. The van der Waals surface area contributed by atoms with Crippen LogP contribution in [0.1, 0.15) is 53.4 Å². The van der Waals surface area contributed by atoms with Crippen LogP contribution in [0.3, 0.4) is 0 Å². The minimum absolute atomic E-state index is 0.00463. The molecule has 0 heterocycles. The van der Waals surface area contributed by atoms with E-state index in [0.717, 1.165) is 0 Å². The number of hydrogen-bond acceptors (Lipinski definition) is 2. The van der Waals surface area contributed by atoms with Gasteiger partial charge in [-0.25, -0.2) is 0 Å². The Morgan fingerprint density at radius 3 is 1.65 bits per heavy atom. The summed E-state index contributed by atoms with van der Waals surface area (Å²) in [7, 11) is -3.72. The molecule has 104 valence electrons. The first kappa shape index (κ1) is 20.0. The Hall–Kier alpha value is 0.709. The van der Waals surface area contributed by atoms with Crippen molar-refractivity contribution in [1.82, 2.24) is 0 Å². The van der Waals surface area contributed by atoms with Gasteiger partial charge < -0.3 is 0 Å². The van der Waals surface area contributed by atoms with Crippen molar-refractivity contribution in [1.29, 1.82) is 0 Å². The molecule has 0 bridgehead atoms. The minimum atomic E-state index is -3.72. The van der Waals surface area contributed by atoms with Crippen molar-refractivity contribution in [2.24, 2.45) is 5.92 Å². The molecule has 0 spiro atoms. The monoisotopic (exact) mass is 372 g/mol. The molecule has 0 atom stereocenters. The fourth-order valence-electron chi connectivity index (χ4n) is 1.15. The summed E-state index contributed by atoms with van der Waals surface area (Å²) in [5, 5.41) is 0. The van der Waals surface area contributed by atoms with Crippen LogP contribution < -0.4 is 0 Å². The third kappa shape index (κ3) is 26.4. The normalized spacial score (nSPS) is 11.2. The zero-order valence-corrected chi connectivity index (χ0v) is 15.4. The Balaban J connectivity index is 0. The van der Waals surface area contributed by atoms with E-state index in [2.05, 4.69) is 13.8 Å². The molecule has 0 saturated carbocycles. The van der Waals surface area contributed by atoms with Crippen LogP contribution in [0.4, 0.5) is 0 Å². The molecular weight excluding hydrogens is 343 g/mol. The molecule has 0 saturated heterocycles. The topological polar surface area (TPSA) is 54.4 Å². The summed E-state index contributed by atoms with van der Waals surface area (Å²) in [6, 6.07) is 0. The average molecular weight is 371 g/mol. The molecule has 0 aromatic heterocycles. The van der Waals surface area contributed by atoms with E-state index in [1.807, 2.05) is 0 Å². The SMILES string of the molecule is CC(C)CS(=O)(=O)O.CCC[CH2][Sn][CH2]CCC.